The van der Waals surface area contributed by atoms with Crippen molar-refractivity contribution >= 4 is 0 Å². The van der Waals surface area contributed by atoms with E-state index in [4.69, 9.17) is 14.9 Å². The number of rotatable bonds is 5. The molecule has 3 heteroatoms. The van der Waals surface area contributed by atoms with Gasteiger partial charge in [0.15, 0.2) is 6.10 Å². The van der Waals surface area contributed by atoms with Crippen LogP contribution < -0.4 is 10.5 Å². The van der Waals surface area contributed by atoms with Crippen LogP contribution in [0.25, 0.3) is 0 Å². The maximum atomic E-state index is 6.21. The third-order valence-electron chi connectivity index (χ3n) is 3.50. The predicted molar refractivity (Wildman–Crippen MR) is 81.0 cm³/mol. The summed E-state index contributed by atoms with van der Waals surface area (Å²) in [6, 6.07) is 9.97. The Morgan fingerprint density at radius 1 is 1.15 bits per heavy atom. The highest BCUT2D eigenvalue weighted by Gasteiger charge is 2.24. The zero-order valence-electron chi connectivity index (χ0n) is 12.6. The monoisotopic (exact) mass is 273 g/mol. The first-order valence-electron chi connectivity index (χ1n) is 7.07. The second-order valence-electron chi connectivity index (χ2n) is 5.33. The lowest BCUT2D eigenvalue weighted by Gasteiger charge is -2.23. The average Bonchev–Trinajstić information content (AvgIpc) is 2.85. The molecule has 0 aliphatic carbocycles. The van der Waals surface area contributed by atoms with E-state index in [1.54, 1.807) is 0 Å². The molecule has 2 atom stereocenters. The van der Waals surface area contributed by atoms with Crippen molar-refractivity contribution in [2.24, 2.45) is 5.73 Å². The summed E-state index contributed by atoms with van der Waals surface area (Å²) in [6.45, 7) is 8.07. The van der Waals surface area contributed by atoms with Gasteiger partial charge in [0, 0.05) is 6.04 Å². The van der Waals surface area contributed by atoms with Crippen LogP contribution in [-0.4, -0.2) is 6.04 Å². The number of hydrogen-bond acceptors (Lipinski definition) is 3. The highest BCUT2D eigenvalue weighted by atomic mass is 16.5. The fourth-order valence-electron chi connectivity index (χ4n) is 2.15. The van der Waals surface area contributed by atoms with Gasteiger partial charge < -0.3 is 14.9 Å². The molecule has 0 aliphatic heterocycles. The van der Waals surface area contributed by atoms with Crippen LogP contribution in [0.2, 0.25) is 0 Å². The minimum Gasteiger partial charge on any atom is -0.481 e. The second-order valence-corrected chi connectivity index (χ2v) is 5.33. The summed E-state index contributed by atoms with van der Waals surface area (Å²) >= 11 is 0. The molecule has 1 aromatic carbocycles. The first-order valence-corrected chi connectivity index (χ1v) is 7.07. The molecule has 0 fully saturated rings. The normalized spacial score (nSPS) is 14.1. The van der Waals surface area contributed by atoms with Crippen molar-refractivity contribution in [2.75, 3.05) is 0 Å². The quantitative estimate of drug-likeness (QED) is 0.893. The predicted octanol–water partition coefficient (Wildman–Crippen LogP) is 4.06. The van der Waals surface area contributed by atoms with Gasteiger partial charge in [0.2, 0.25) is 0 Å². The number of benzene rings is 1. The Balaban J connectivity index is 2.30. The molecule has 1 heterocycles. The van der Waals surface area contributed by atoms with Crippen LogP contribution in [0.1, 0.15) is 42.1 Å². The van der Waals surface area contributed by atoms with Gasteiger partial charge in [0.25, 0.3) is 0 Å². The zero-order chi connectivity index (χ0) is 14.7. The van der Waals surface area contributed by atoms with Crippen LogP contribution in [0.5, 0.6) is 5.75 Å². The molecular weight excluding hydrogens is 250 g/mol. The molecule has 2 N–H and O–H groups in total. The fraction of sp³-hybridized carbons (Fsp3) is 0.412. The Hall–Kier alpha value is -1.74. The lowest BCUT2D eigenvalue weighted by molar-refractivity contribution is 0.142. The third kappa shape index (κ3) is 3.23. The molecule has 0 radical (unpaired) electrons. The van der Waals surface area contributed by atoms with E-state index in [-0.39, 0.29) is 12.1 Å². The maximum absolute atomic E-state index is 6.21. The smallest absolute Gasteiger partial charge is 0.171 e. The summed E-state index contributed by atoms with van der Waals surface area (Å²) in [5, 5.41) is 0. The Labute approximate surface area is 120 Å². The van der Waals surface area contributed by atoms with Crippen molar-refractivity contribution in [3.05, 3.63) is 53.0 Å². The minimum atomic E-state index is -0.255. The average molecular weight is 273 g/mol. The largest absolute Gasteiger partial charge is 0.481 e. The summed E-state index contributed by atoms with van der Waals surface area (Å²) in [4.78, 5) is 0. The molecule has 2 unspecified atom stereocenters. The molecule has 0 spiro atoms. The van der Waals surface area contributed by atoms with E-state index in [9.17, 15) is 0 Å². The minimum absolute atomic E-state index is 0.0968. The lowest BCUT2D eigenvalue weighted by Crippen LogP contribution is -2.31. The number of aryl methyl sites for hydroxylation is 3. The van der Waals surface area contributed by atoms with Crippen LogP contribution in [0.15, 0.2) is 34.7 Å². The van der Waals surface area contributed by atoms with E-state index in [2.05, 4.69) is 26.0 Å². The highest BCUT2D eigenvalue weighted by molar-refractivity contribution is 5.36. The van der Waals surface area contributed by atoms with Gasteiger partial charge in [0.1, 0.15) is 17.3 Å². The first kappa shape index (κ1) is 14.7. The van der Waals surface area contributed by atoms with Crippen molar-refractivity contribution in [1.29, 1.82) is 0 Å². The molecule has 0 amide bonds. The molecule has 0 aliphatic rings. The summed E-state index contributed by atoms with van der Waals surface area (Å²) < 4.78 is 11.9. The topological polar surface area (TPSA) is 48.4 Å². The van der Waals surface area contributed by atoms with E-state index >= 15 is 0 Å². The van der Waals surface area contributed by atoms with Crippen molar-refractivity contribution in [1.82, 2.24) is 0 Å². The van der Waals surface area contributed by atoms with Gasteiger partial charge in [-0.2, -0.15) is 0 Å². The third-order valence-corrected chi connectivity index (χ3v) is 3.50. The van der Waals surface area contributed by atoms with E-state index < -0.39 is 0 Å². The number of nitrogens with two attached hydrogens (primary N) is 1. The molecule has 0 bridgehead atoms. The van der Waals surface area contributed by atoms with Crippen LogP contribution in [-0.2, 0) is 0 Å². The van der Waals surface area contributed by atoms with Crippen molar-refractivity contribution in [2.45, 2.75) is 46.3 Å². The number of ether oxygens (including phenoxy) is 1. The van der Waals surface area contributed by atoms with Crippen LogP contribution in [0.3, 0.4) is 0 Å². The summed E-state index contributed by atoms with van der Waals surface area (Å²) in [5.74, 6) is 2.53. The Morgan fingerprint density at radius 3 is 2.50 bits per heavy atom. The fourth-order valence-corrected chi connectivity index (χ4v) is 2.15. The lowest BCUT2D eigenvalue weighted by atomic mass is 10.1. The molecule has 20 heavy (non-hydrogen) atoms. The highest BCUT2D eigenvalue weighted by Crippen LogP contribution is 2.29. The van der Waals surface area contributed by atoms with Gasteiger partial charge in [-0.25, -0.2) is 0 Å². The van der Waals surface area contributed by atoms with Gasteiger partial charge in [-0.05, 0) is 56.5 Å². The van der Waals surface area contributed by atoms with E-state index in [1.165, 1.54) is 5.56 Å². The molecule has 3 nitrogen and oxygen atoms in total. The van der Waals surface area contributed by atoms with E-state index in [0.717, 1.165) is 29.3 Å². The van der Waals surface area contributed by atoms with Gasteiger partial charge in [-0.1, -0.05) is 19.1 Å². The maximum Gasteiger partial charge on any atom is 0.171 e. The molecule has 0 saturated heterocycles. The molecular formula is C17H23NO2. The molecule has 2 aromatic rings. The van der Waals surface area contributed by atoms with Crippen LogP contribution >= 0.6 is 0 Å². The van der Waals surface area contributed by atoms with E-state index in [1.807, 2.05) is 32.0 Å². The van der Waals surface area contributed by atoms with Crippen molar-refractivity contribution in [3.8, 4) is 5.75 Å². The van der Waals surface area contributed by atoms with Crippen LogP contribution in [0, 0.1) is 20.8 Å². The Morgan fingerprint density at radius 2 is 1.90 bits per heavy atom. The summed E-state index contributed by atoms with van der Waals surface area (Å²) in [5.41, 5.74) is 8.48. The summed E-state index contributed by atoms with van der Waals surface area (Å²) in [6.07, 6.45) is 0.573. The summed E-state index contributed by atoms with van der Waals surface area (Å²) in [7, 11) is 0. The Bertz CT molecular complexity index is 574. The number of furan rings is 1. The molecule has 1 aromatic heterocycles. The van der Waals surface area contributed by atoms with Gasteiger partial charge >= 0.3 is 0 Å². The molecule has 0 saturated carbocycles. The molecule has 2 rings (SSSR count). The van der Waals surface area contributed by atoms with Gasteiger partial charge in [-0.15, -0.1) is 0 Å². The van der Waals surface area contributed by atoms with Crippen molar-refractivity contribution in [3.63, 3.8) is 0 Å². The van der Waals surface area contributed by atoms with Crippen LogP contribution in [0.4, 0.5) is 0 Å². The SMILES string of the molecule is CCC(N)C(Oc1cc(C)ccc1C)c1ccc(C)o1. The van der Waals surface area contributed by atoms with E-state index in [0.29, 0.717) is 0 Å². The molecule has 108 valence electrons. The van der Waals surface area contributed by atoms with Gasteiger partial charge in [-0.3, -0.25) is 0 Å². The Kier molecular flexibility index (Phi) is 4.50. The standard InChI is InChI=1S/C17H23NO2/c1-5-14(18)17(15-9-8-13(4)19-15)20-16-10-11(2)6-7-12(16)3/h6-10,14,17H,5,18H2,1-4H3. The second kappa shape index (κ2) is 6.14. The zero-order valence-corrected chi connectivity index (χ0v) is 12.6. The van der Waals surface area contributed by atoms with Gasteiger partial charge in [0.05, 0.1) is 0 Å². The first-order chi connectivity index (χ1) is 9.51. The van der Waals surface area contributed by atoms with Crippen molar-refractivity contribution < 1.29 is 9.15 Å². The number of hydrogen-bond donors (Lipinski definition) is 1.